The average molecular weight is 245 g/mol. The van der Waals surface area contributed by atoms with Crippen molar-refractivity contribution in [1.29, 1.82) is 0 Å². The number of rotatable bonds is 3. The summed E-state index contributed by atoms with van der Waals surface area (Å²) in [5.41, 5.74) is -0.824. The molecule has 0 aromatic rings. The van der Waals surface area contributed by atoms with Crippen LogP contribution in [0, 0.1) is 0 Å². The summed E-state index contributed by atoms with van der Waals surface area (Å²) in [5, 5.41) is 9.94. The molecule has 0 aliphatic carbocycles. The van der Waals surface area contributed by atoms with Crippen LogP contribution < -0.4 is 0 Å². The van der Waals surface area contributed by atoms with Crippen molar-refractivity contribution in [2.24, 2.45) is 0 Å². The van der Waals surface area contributed by atoms with E-state index in [0.717, 1.165) is 6.42 Å². The molecule has 17 heavy (non-hydrogen) atoms. The fourth-order valence-electron chi connectivity index (χ4n) is 3.34. The van der Waals surface area contributed by atoms with Crippen molar-refractivity contribution in [3.05, 3.63) is 0 Å². The van der Waals surface area contributed by atoms with Gasteiger partial charge in [0.05, 0.1) is 13.2 Å². The molecule has 0 saturated carbocycles. The number of aliphatic hydroxyl groups is 1. The van der Waals surface area contributed by atoms with Crippen molar-refractivity contribution in [1.82, 2.24) is 4.90 Å². The zero-order valence-electron chi connectivity index (χ0n) is 10.4. The Labute approximate surface area is 101 Å². The molecule has 2 aliphatic heterocycles. The summed E-state index contributed by atoms with van der Waals surface area (Å²) in [6, 6.07) is -0.111. The SMILES string of the molecule is CCC(O)C1CCC2(C(=O)OC)C[C@@H](F)CN12. The molecule has 4 nitrogen and oxygen atoms in total. The Morgan fingerprint density at radius 3 is 3.00 bits per heavy atom. The van der Waals surface area contributed by atoms with Gasteiger partial charge in [-0.1, -0.05) is 6.92 Å². The molecule has 4 atom stereocenters. The maximum absolute atomic E-state index is 13.6. The maximum Gasteiger partial charge on any atom is 0.326 e. The molecule has 5 heteroatoms. The van der Waals surface area contributed by atoms with Gasteiger partial charge in [-0.2, -0.15) is 0 Å². The Balaban J connectivity index is 2.24. The van der Waals surface area contributed by atoms with Crippen LogP contribution in [0.1, 0.15) is 32.6 Å². The number of nitrogens with zero attached hydrogens (tertiary/aromatic N) is 1. The third-order valence-electron chi connectivity index (χ3n) is 4.19. The summed E-state index contributed by atoms with van der Waals surface area (Å²) in [7, 11) is 1.34. The first-order valence-corrected chi connectivity index (χ1v) is 6.22. The van der Waals surface area contributed by atoms with E-state index in [9.17, 15) is 14.3 Å². The number of methoxy groups -OCH3 is 1. The van der Waals surface area contributed by atoms with E-state index >= 15 is 0 Å². The van der Waals surface area contributed by atoms with Gasteiger partial charge in [-0.15, -0.1) is 0 Å². The topological polar surface area (TPSA) is 49.8 Å². The Morgan fingerprint density at radius 2 is 2.41 bits per heavy atom. The minimum Gasteiger partial charge on any atom is -0.468 e. The van der Waals surface area contributed by atoms with Gasteiger partial charge in [0.25, 0.3) is 0 Å². The zero-order chi connectivity index (χ0) is 12.6. The molecule has 2 rings (SSSR count). The van der Waals surface area contributed by atoms with Crippen molar-refractivity contribution in [2.45, 2.75) is 56.5 Å². The van der Waals surface area contributed by atoms with Crippen LogP contribution in [-0.2, 0) is 9.53 Å². The molecule has 2 fully saturated rings. The van der Waals surface area contributed by atoms with Gasteiger partial charge in [-0.3, -0.25) is 9.69 Å². The van der Waals surface area contributed by atoms with E-state index in [1.807, 2.05) is 11.8 Å². The van der Waals surface area contributed by atoms with Crippen LogP contribution in [0.4, 0.5) is 4.39 Å². The first-order chi connectivity index (χ1) is 8.05. The second-order valence-electron chi connectivity index (χ2n) is 5.06. The maximum atomic E-state index is 13.6. The van der Waals surface area contributed by atoms with Gasteiger partial charge >= 0.3 is 5.97 Å². The lowest BCUT2D eigenvalue weighted by Gasteiger charge is -2.33. The minimum absolute atomic E-state index is 0.111. The number of hydrogen-bond acceptors (Lipinski definition) is 4. The summed E-state index contributed by atoms with van der Waals surface area (Å²) in [4.78, 5) is 13.7. The summed E-state index contributed by atoms with van der Waals surface area (Å²) < 4.78 is 18.4. The third-order valence-corrected chi connectivity index (χ3v) is 4.19. The average Bonchev–Trinajstić information content (AvgIpc) is 2.82. The quantitative estimate of drug-likeness (QED) is 0.750. The molecule has 2 heterocycles. The van der Waals surface area contributed by atoms with Crippen LogP contribution in [0.5, 0.6) is 0 Å². The molecule has 0 amide bonds. The number of esters is 1. The molecule has 0 spiro atoms. The van der Waals surface area contributed by atoms with E-state index in [1.54, 1.807) is 0 Å². The smallest absolute Gasteiger partial charge is 0.326 e. The molecule has 2 saturated heterocycles. The fraction of sp³-hybridized carbons (Fsp3) is 0.917. The normalized spacial score (nSPS) is 39.1. The second kappa shape index (κ2) is 4.53. The highest BCUT2D eigenvalue weighted by Gasteiger charge is 2.59. The number of halogens is 1. The molecule has 0 bridgehead atoms. The van der Waals surface area contributed by atoms with Gasteiger partial charge in [-0.05, 0) is 19.3 Å². The van der Waals surface area contributed by atoms with E-state index in [4.69, 9.17) is 4.74 Å². The molecule has 0 aromatic carbocycles. The number of alkyl halides is 1. The van der Waals surface area contributed by atoms with Gasteiger partial charge in [-0.25, -0.2) is 4.39 Å². The van der Waals surface area contributed by atoms with Crippen molar-refractivity contribution in [3.63, 3.8) is 0 Å². The predicted octanol–water partition coefficient (Wildman–Crippen LogP) is 0.875. The molecule has 3 unspecified atom stereocenters. The Kier molecular flexibility index (Phi) is 3.41. The predicted molar refractivity (Wildman–Crippen MR) is 60.3 cm³/mol. The largest absolute Gasteiger partial charge is 0.468 e. The van der Waals surface area contributed by atoms with Gasteiger partial charge in [0.2, 0.25) is 0 Å². The standard InChI is InChI=1S/C12H20FNO3/c1-3-10(15)9-4-5-12(11(16)17-2)6-8(13)7-14(9)12/h8-10,15H,3-7H2,1-2H3/t8-,9?,10?,12?/m1/s1. The molecular formula is C12H20FNO3. The molecule has 1 N–H and O–H groups in total. The highest BCUT2D eigenvalue weighted by atomic mass is 19.1. The summed E-state index contributed by atoms with van der Waals surface area (Å²) in [5.74, 6) is -0.358. The number of carbonyl (C=O) groups excluding carboxylic acids is 1. The van der Waals surface area contributed by atoms with E-state index < -0.39 is 17.8 Å². The fourth-order valence-corrected chi connectivity index (χ4v) is 3.34. The molecule has 0 aromatic heterocycles. The number of fused-ring (bicyclic) bond motifs is 1. The molecular weight excluding hydrogens is 225 g/mol. The van der Waals surface area contributed by atoms with E-state index in [2.05, 4.69) is 0 Å². The van der Waals surface area contributed by atoms with Crippen molar-refractivity contribution >= 4 is 5.97 Å². The Hall–Kier alpha value is -0.680. The van der Waals surface area contributed by atoms with Crippen LogP contribution in [0.15, 0.2) is 0 Å². The summed E-state index contributed by atoms with van der Waals surface area (Å²) >= 11 is 0. The zero-order valence-corrected chi connectivity index (χ0v) is 10.4. The summed E-state index contributed by atoms with van der Waals surface area (Å²) in [6.07, 6.45) is 0.647. The highest BCUT2D eigenvalue weighted by molar-refractivity contribution is 5.82. The van der Waals surface area contributed by atoms with Crippen LogP contribution in [0.25, 0.3) is 0 Å². The number of carbonyl (C=O) groups is 1. The molecule has 2 aliphatic rings. The van der Waals surface area contributed by atoms with E-state index in [0.29, 0.717) is 12.8 Å². The Bertz CT molecular complexity index is 312. The lowest BCUT2D eigenvalue weighted by Crippen LogP contribution is -2.51. The van der Waals surface area contributed by atoms with Gasteiger partial charge in [0, 0.05) is 19.0 Å². The first-order valence-electron chi connectivity index (χ1n) is 6.22. The van der Waals surface area contributed by atoms with Crippen LogP contribution in [0.3, 0.4) is 0 Å². The second-order valence-corrected chi connectivity index (χ2v) is 5.06. The Morgan fingerprint density at radius 1 is 1.71 bits per heavy atom. The van der Waals surface area contributed by atoms with Crippen LogP contribution in [0.2, 0.25) is 0 Å². The van der Waals surface area contributed by atoms with Gasteiger partial charge in [0.1, 0.15) is 11.7 Å². The monoisotopic (exact) mass is 245 g/mol. The van der Waals surface area contributed by atoms with Crippen molar-refractivity contribution < 1.29 is 19.0 Å². The third kappa shape index (κ3) is 1.85. The lowest BCUT2D eigenvalue weighted by atomic mass is 9.93. The van der Waals surface area contributed by atoms with E-state index in [-0.39, 0.29) is 25.0 Å². The van der Waals surface area contributed by atoms with E-state index in [1.165, 1.54) is 7.11 Å². The minimum atomic E-state index is -0.999. The highest BCUT2D eigenvalue weighted by Crippen LogP contribution is 2.45. The van der Waals surface area contributed by atoms with Crippen molar-refractivity contribution in [2.75, 3.05) is 13.7 Å². The van der Waals surface area contributed by atoms with Crippen LogP contribution in [-0.4, -0.2) is 53.5 Å². The number of ether oxygens (including phenoxy) is 1. The first kappa shape index (κ1) is 12.8. The van der Waals surface area contributed by atoms with Gasteiger partial charge in [0.15, 0.2) is 0 Å². The van der Waals surface area contributed by atoms with Crippen molar-refractivity contribution in [3.8, 4) is 0 Å². The number of aliphatic hydroxyl groups excluding tert-OH is 1. The lowest BCUT2D eigenvalue weighted by molar-refractivity contribution is -0.153. The molecule has 0 radical (unpaired) electrons. The van der Waals surface area contributed by atoms with Gasteiger partial charge < -0.3 is 9.84 Å². The summed E-state index contributed by atoms with van der Waals surface area (Å²) in [6.45, 7) is 2.13. The number of hydrogen-bond donors (Lipinski definition) is 1. The molecule has 98 valence electrons. The van der Waals surface area contributed by atoms with Crippen LogP contribution >= 0.6 is 0 Å².